The predicted octanol–water partition coefficient (Wildman–Crippen LogP) is 5.25. The summed E-state index contributed by atoms with van der Waals surface area (Å²) >= 11 is 2.16. The number of carbonyl (C=O) groups is 1. The molecule has 8 heteroatoms. The monoisotopic (exact) mass is 597 g/mol. The first-order chi connectivity index (χ1) is 16.4. The number of hydrogen-bond donors (Lipinski definition) is 3. The average Bonchev–Trinajstić information content (AvgIpc) is 3.22. The van der Waals surface area contributed by atoms with Crippen LogP contribution in [0, 0.1) is 14.8 Å². The van der Waals surface area contributed by atoms with E-state index in [4.69, 9.17) is 0 Å². The van der Waals surface area contributed by atoms with Crippen LogP contribution in [0.2, 0.25) is 0 Å². The zero-order valence-corrected chi connectivity index (χ0v) is 24.1. The average molecular weight is 598 g/mol. The van der Waals surface area contributed by atoms with E-state index in [1.54, 1.807) is 12.4 Å². The number of rotatable bonds is 10. The zero-order valence-electron chi connectivity index (χ0n) is 22.0. The number of anilines is 1. The lowest BCUT2D eigenvalue weighted by Gasteiger charge is -2.30. The van der Waals surface area contributed by atoms with Crippen molar-refractivity contribution in [3.05, 3.63) is 45.2 Å². The van der Waals surface area contributed by atoms with Crippen molar-refractivity contribution < 1.29 is 9.18 Å². The second kappa shape index (κ2) is 11.7. The molecular weight excluding hydrogens is 556 g/mol. The van der Waals surface area contributed by atoms with E-state index in [1.165, 1.54) is 0 Å². The van der Waals surface area contributed by atoms with Crippen LogP contribution in [0.1, 0.15) is 71.9 Å². The summed E-state index contributed by atoms with van der Waals surface area (Å²) in [5.74, 6) is 0.325. The third-order valence-electron chi connectivity index (χ3n) is 6.54. The van der Waals surface area contributed by atoms with E-state index in [-0.39, 0.29) is 34.8 Å². The summed E-state index contributed by atoms with van der Waals surface area (Å²) in [7, 11) is 0. The smallest absolute Gasteiger partial charge is 0.242 e. The quantitative estimate of drug-likeness (QED) is 0.328. The maximum atomic E-state index is 14.5. The first-order valence-electron chi connectivity index (χ1n) is 12.7. The van der Waals surface area contributed by atoms with Gasteiger partial charge in [0.2, 0.25) is 5.91 Å². The van der Waals surface area contributed by atoms with Gasteiger partial charge in [-0.2, -0.15) is 0 Å². The molecule has 3 N–H and O–H groups in total. The second-order valence-electron chi connectivity index (χ2n) is 11.6. The van der Waals surface area contributed by atoms with Crippen molar-refractivity contribution >= 4 is 34.3 Å². The number of halogens is 2. The highest BCUT2D eigenvalue weighted by molar-refractivity contribution is 14.1. The van der Waals surface area contributed by atoms with Gasteiger partial charge in [-0.1, -0.05) is 34.1 Å². The van der Waals surface area contributed by atoms with E-state index < -0.39 is 0 Å². The number of fused-ring (bicyclic) bond motifs is 1. The fourth-order valence-electron chi connectivity index (χ4n) is 4.56. The van der Waals surface area contributed by atoms with Crippen LogP contribution in [0.5, 0.6) is 0 Å². The number of hydrogen-bond acceptors (Lipinski definition) is 4. The topological polar surface area (TPSA) is 71.0 Å². The van der Waals surface area contributed by atoms with Crippen LogP contribution in [0.25, 0.3) is 0 Å². The standard InChI is InChI=1S/C27H41FIN5O/c1-7-8-23(32-20-10-9-18-11-19(29)12-22(28)21(18)13-20)25(35)33-24-14-34(17-31-24)27(5,6)16-30-15-26(2,3)4/h11-12,14,17,20,23,30,32H,7-10,13,15-16H2,1-6H3,(H,33,35)/t20-,23-/m0/s1. The van der Waals surface area contributed by atoms with E-state index >= 15 is 0 Å². The van der Waals surface area contributed by atoms with Gasteiger partial charge in [0.1, 0.15) is 5.82 Å². The molecule has 2 aromatic rings. The Morgan fingerprint density at radius 2 is 2.00 bits per heavy atom. The molecule has 1 aliphatic rings. The van der Waals surface area contributed by atoms with E-state index in [9.17, 15) is 9.18 Å². The fraction of sp³-hybridized carbons (Fsp3) is 0.630. The summed E-state index contributed by atoms with van der Waals surface area (Å²) in [5.41, 5.74) is 1.91. The summed E-state index contributed by atoms with van der Waals surface area (Å²) in [6, 6.07) is 3.39. The molecule has 1 aromatic carbocycles. The number of benzene rings is 1. The third kappa shape index (κ3) is 7.98. The number of nitrogens with zero attached hydrogens (tertiary/aromatic N) is 2. The molecule has 6 nitrogen and oxygen atoms in total. The van der Waals surface area contributed by atoms with Crippen LogP contribution in [0.3, 0.4) is 0 Å². The van der Waals surface area contributed by atoms with Crippen molar-refractivity contribution in [1.82, 2.24) is 20.2 Å². The first kappa shape index (κ1) is 28.1. The number of carbonyl (C=O) groups excluding carboxylic acids is 1. The lowest BCUT2D eigenvalue weighted by atomic mass is 9.87. The molecule has 194 valence electrons. The minimum atomic E-state index is -0.343. The summed E-state index contributed by atoms with van der Waals surface area (Å²) in [6.07, 6.45) is 7.59. The molecule has 2 atom stereocenters. The molecule has 1 heterocycles. The van der Waals surface area contributed by atoms with Crippen molar-refractivity contribution in [2.75, 3.05) is 18.4 Å². The molecule has 0 aliphatic heterocycles. The van der Waals surface area contributed by atoms with Gasteiger partial charge in [0.15, 0.2) is 5.82 Å². The molecule has 0 fully saturated rings. The Labute approximate surface area is 223 Å². The van der Waals surface area contributed by atoms with Gasteiger partial charge in [-0.25, -0.2) is 9.37 Å². The number of nitrogens with one attached hydrogen (secondary N) is 3. The van der Waals surface area contributed by atoms with Gasteiger partial charge in [-0.15, -0.1) is 0 Å². The number of amides is 1. The van der Waals surface area contributed by atoms with E-state index in [1.807, 2.05) is 10.8 Å². The Kier molecular flexibility index (Phi) is 9.37. The Morgan fingerprint density at radius 1 is 1.26 bits per heavy atom. The van der Waals surface area contributed by atoms with E-state index in [2.05, 4.69) is 91.1 Å². The highest BCUT2D eigenvalue weighted by atomic mass is 127. The molecule has 1 aliphatic carbocycles. The molecule has 0 saturated carbocycles. The molecule has 0 unspecified atom stereocenters. The lowest BCUT2D eigenvalue weighted by molar-refractivity contribution is -0.118. The SMILES string of the molecule is CCC[C@H](N[C@H]1CCc2cc(I)cc(F)c2C1)C(=O)Nc1cn(C(C)(C)CNCC(C)(C)C)cn1. The van der Waals surface area contributed by atoms with Gasteiger partial charge in [-0.3, -0.25) is 4.79 Å². The minimum absolute atomic E-state index is 0.0738. The lowest BCUT2D eigenvalue weighted by Crippen LogP contribution is -2.48. The van der Waals surface area contributed by atoms with Crippen LogP contribution in [-0.2, 0) is 23.2 Å². The Hall–Kier alpha value is -1.52. The largest absolute Gasteiger partial charge is 0.328 e. The molecular formula is C27H41FIN5O. The molecule has 0 spiro atoms. The van der Waals surface area contributed by atoms with Crippen LogP contribution < -0.4 is 16.0 Å². The third-order valence-corrected chi connectivity index (χ3v) is 7.16. The Morgan fingerprint density at radius 3 is 2.69 bits per heavy atom. The van der Waals surface area contributed by atoms with Gasteiger partial charge in [0.05, 0.1) is 17.9 Å². The van der Waals surface area contributed by atoms with E-state index in [0.717, 1.165) is 47.0 Å². The number of aromatic nitrogens is 2. The van der Waals surface area contributed by atoms with Gasteiger partial charge in [-0.05, 0) is 90.8 Å². The van der Waals surface area contributed by atoms with Crippen LogP contribution in [0.15, 0.2) is 24.7 Å². The Bertz CT molecular complexity index is 1010. The minimum Gasteiger partial charge on any atom is -0.328 e. The summed E-state index contributed by atoms with van der Waals surface area (Å²) in [5, 5.41) is 10.0. The highest BCUT2D eigenvalue weighted by Crippen LogP contribution is 2.27. The maximum Gasteiger partial charge on any atom is 0.242 e. The molecule has 0 saturated heterocycles. The molecule has 1 amide bonds. The van der Waals surface area contributed by atoms with Crippen molar-refractivity contribution in [3.63, 3.8) is 0 Å². The van der Waals surface area contributed by atoms with Gasteiger partial charge in [0, 0.05) is 28.9 Å². The number of aryl methyl sites for hydroxylation is 1. The first-order valence-corrected chi connectivity index (χ1v) is 13.7. The van der Waals surface area contributed by atoms with E-state index in [0.29, 0.717) is 18.7 Å². The van der Waals surface area contributed by atoms with Crippen molar-refractivity contribution in [2.24, 2.45) is 5.41 Å². The van der Waals surface area contributed by atoms with Crippen LogP contribution in [0.4, 0.5) is 10.2 Å². The van der Waals surface area contributed by atoms with Crippen molar-refractivity contribution in [2.45, 2.75) is 91.3 Å². The van der Waals surface area contributed by atoms with Gasteiger partial charge in [0.25, 0.3) is 0 Å². The van der Waals surface area contributed by atoms with Crippen molar-refractivity contribution in [3.8, 4) is 0 Å². The molecule has 0 radical (unpaired) electrons. The number of imidazole rings is 1. The zero-order chi connectivity index (χ0) is 25.8. The molecule has 0 bridgehead atoms. The molecule has 35 heavy (non-hydrogen) atoms. The van der Waals surface area contributed by atoms with Crippen molar-refractivity contribution in [1.29, 1.82) is 0 Å². The highest BCUT2D eigenvalue weighted by Gasteiger charge is 2.28. The van der Waals surface area contributed by atoms with Gasteiger partial charge < -0.3 is 20.5 Å². The summed E-state index contributed by atoms with van der Waals surface area (Å²) < 4.78 is 17.5. The normalized spacial score (nSPS) is 17.2. The summed E-state index contributed by atoms with van der Waals surface area (Å²) in [6.45, 7) is 14.7. The maximum absolute atomic E-state index is 14.5. The molecule has 3 rings (SSSR count). The summed E-state index contributed by atoms with van der Waals surface area (Å²) in [4.78, 5) is 17.6. The predicted molar refractivity (Wildman–Crippen MR) is 149 cm³/mol. The second-order valence-corrected chi connectivity index (χ2v) is 12.9. The molecule has 1 aromatic heterocycles. The fourth-order valence-corrected chi connectivity index (χ4v) is 5.21. The van der Waals surface area contributed by atoms with Crippen LogP contribution in [-0.4, -0.2) is 40.6 Å². The van der Waals surface area contributed by atoms with Crippen LogP contribution >= 0.6 is 22.6 Å². The van der Waals surface area contributed by atoms with Gasteiger partial charge >= 0.3 is 0 Å². The Balaban J connectivity index is 1.61.